The summed E-state index contributed by atoms with van der Waals surface area (Å²) >= 11 is 1.35. The number of hydrogen-bond acceptors (Lipinski definition) is 5. The zero-order chi connectivity index (χ0) is 15.3. The normalized spacial score (nSPS) is 20.8. The molecule has 1 aliphatic rings. The van der Waals surface area contributed by atoms with E-state index in [0.29, 0.717) is 4.21 Å². The van der Waals surface area contributed by atoms with Gasteiger partial charge in [-0.1, -0.05) is 6.92 Å². The van der Waals surface area contributed by atoms with Gasteiger partial charge in [-0.05, 0) is 51.5 Å². The van der Waals surface area contributed by atoms with Gasteiger partial charge in [0.15, 0.2) is 0 Å². The van der Waals surface area contributed by atoms with Crippen LogP contribution in [0.25, 0.3) is 0 Å². The largest absolute Gasteiger partial charge is 0.312 e. The van der Waals surface area contributed by atoms with E-state index in [0.717, 1.165) is 50.3 Å². The Morgan fingerprint density at radius 1 is 1.43 bits per heavy atom. The van der Waals surface area contributed by atoms with E-state index in [9.17, 15) is 8.42 Å². The monoisotopic (exact) mass is 331 g/mol. The molecule has 0 saturated carbocycles. The Bertz CT molecular complexity index is 542. The van der Waals surface area contributed by atoms with Gasteiger partial charge in [0.2, 0.25) is 10.0 Å². The predicted octanol–water partition coefficient (Wildman–Crippen LogP) is 1.62. The van der Waals surface area contributed by atoms with Crippen LogP contribution in [-0.4, -0.2) is 46.0 Å². The number of piperidine rings is 1. The van der Waals surface area contributed by atoms with Gasteiger partial charge in [-0.25, -0.2) is 13.1 Å². The van der Waals surface area contributed by atoms with Crippen LogP contribution in [0.2, 0.25) is 0 Å². The highest BCUT2D eigenvalue weighted by molar-refractivity contribution is 7.91. The topological polar surface area (TPSA) is 61.4 Å². The number of likely N-dealkylation sites (tertiary alicyclic amines) is 1. The number of hydrogen-bond donors (Lipinski definition) is 2. The average Bonchev–Trinajstić information content (AvgIpc) is 2.88. The predicted molar refractivity (Wildman–Crippen MR) is 87.2 cm³/mol. The van der Waals surface area contributed by atoms with Crippen LogP contribution < -0.4 is 10.0 Å². The van der Waals surface area contributed by atoms with Crippen molar-refractivity contribution in [3.63, 3.8) is 0 Å². The minimum absolute atomic E-state index is 0.0255. The summed E-state index contributed by atoms with van der Waals surface area (Å²) < 4.78 is 28.1. The lowest BCUT2D eigenvalue weighted by molar-refractivity contribution is 0.242. The molecule has 1 fully saturated rings. The van der Waals surface area contributed by atoms with Crippen LogP contribution in [-0.2, 0) is 16.6 Å². The van der Waals surface area contributed by atoms with Crippen molar-refractivity contribution in [2.75, 3.05) is 26.7 Å². The van der Waals surface area contributed by atoms with Crippen molar-refractivity contribution in [1.29, 1.82) is 0 Å². The number of rotatable bonds is 7. The lowest BCUT2D eigenvalue weighted by Gasteiger charge is -2.29. The maximum atomic E-state index is 12.4. The molecule has 1 atom stereocenters. The molecule has 5 nitrogen and oxygen atoms in total. The summed E-state index contributed by atoms with van der Waals surface area (Å²) in [6.07, 6.45) is 3.04. The summed E-state index contributed by atoms with van der Waals surface area (Å²) in [5, 5.41) is 3.29. The second kappa shape index (κ2) is 7.69. The van der Waals surface area contributed by atoms with Gasteiger partial charge >= 0.3 is 0 Å². The third-order valence-electron chi connectivity index (χ3n) is 3.57. The van der Waals surface area contributed by atoms with Crippen LogP contribution >= 0.6 is 11.3 Å². The molecule has 2 rings (SSSR count). The van der Waals surface area contributed by atoms with Crippen LogP contribution in [0.3, 0.4) is 0 Å². The highest BCUT2D eigenvalue weighted by Gasteiger charge is 2.24. The summed E-state index contributed by atoms with van der Waals surface area (Å²) in [7, 11) is -1.35. The minimum atomic E-state index is -3.38. The van der Waals surface area contributed by atoms with Gasteiger partial charge in [0.05, 0.1) is 0 Å². The second-order valence-electron chi connectivity index (χ2n) is 5.62. The third kappa shape index (κ3) is 5.03. The van der Waals surface area contributed by atoms with Gasteiger partial charge in [-0.15, -0.1) is 11.3 Å². The van der Waals surface area contributed by atoms with Crippen molar-refractivity contribution in [2.24, 2.45) is 0 Å². The molecule has 1 aromatic heterocycles. The lowest BCUT2D eigenvalue weighted by Crippen LogP contribution is -2.46. The standard InChI is InChI=1S/C14H25N3O2S2/c1-3-8-15-10-13-6-7-14(20-13)21(18,19)16-12-5-4-9-17(2)11-12/h6-7,12,15-16H,3-5,8-11H2,1-2H3. The van der Waals surface area contributed by atoms with E-state index in [-0.39, 0.29) is 6.04 Å². The summed E-state index contributed by atoms with van der Waals surface area (Å²) in [4.78, 5) is 3.23. The van der Waals surface area contributed by atoms with Crippen LogP contribution in [0.15, 0.2) is 16.3 Å². The van der Waals surface area contributed by atoms with E-state index in [2.05, 4.69) is 21.9 Å². The summed E-state index contributed by atoms with van der Waals surface area (Å²) in [6, 6.07) is 3.63. The summed E-state index contributed by atoms with van der Waals surface area (Å²) in [6.45, 7) is 5.63. The van der Waals surface area contributed by atoms with Crippen molar-refractivity contribution >= 4 is 21.4 Å². The molecule has 0 amide bonds. The van der Waals surface area contributed by atoms with Crippen LogP contribution in [0.5, 0.6) is 0 Å². The Kier molecular flexibility index (Phi) is 6.19. The molecule has 7 heteroatoms. The number of thiophene rings is 1. The highest BCUT2D eigenvalue weighted by Crippen LogP contribution is 2.22. The minimum Gasteiger partial charge on any atom is -0.312 e. The quantitative estimate of drug-likeness (QED) is 0.746. The van der Waals surface area contributed by atoms with Crippen LogP contribution in [0.1, 0.15) is 31.1 Å². The number of nitrogens with zero attached hydrogens (tertiary/aromatic N) is 1. The molecule has 0 radical (unpaired) electrons. The molecular formula is C14H25N3O2S2. The molecule has 1 aromatic rings. The Morgan fingerprint density at radius 2 is 2.24 bits per heavy atom. The van der Waals surface area contributed by atoms with Gasteiger partial charge in [-0.3, -0.25) is 0 Å². The zero-order valence-electron chi connectivity index (χ0n) is 12.8. The first-order valence-electron chi connectivity index (χ1n) is 7.51. The number of likely N-dealkylation sites (N-methyl/N-ethyl adjacent to an activating group) is 1. The number of sulfonamides is 1. The Morgan fingerprint density at radius 3 is 2.95 bits per heavy atom. The van der Waals surface area contributed by atoms with E-state index < -0.39 is 10.0 Å². The van der Waals surface area contributed by atoms with Gasteiger partial charge < -0.3 is 10.2 Å². The molecule has 120 valence electrons. The maximum absolute atomic E-state index is 12.4. The molecule has 0 aromatic carbocycles. The smallest absolute Gasteiger partial charge is 0.250 e. The summed E-state index contributed by atoms with van der Waals surface area (Å²) in [5.74, 6) is 0. The van der Waals surface area contributed by atoms with Gasteiger partial charge in [-0.2, -0.15) is 0 Å². The van der Waals surface area contributed by atoms with Crippen LogP contribution in [0.4, 0.5) is 0 Å². The molecular weight excluding hydrogens is 306 g/mol. The second-order valence-corrected chi connectivity index (χ2v) is 8.73. The molecule has 1 saturated heterocycles. The van der Waals surface area contributed by atoms with Crippen LogP contribution in [0, 0.1) is 0 Å². The number of nitrogens with one attached hydrogen (secondary N) is 2. The molecule has 2 N–H and O–H groups in total. The molecule has 0 bridgehead atoms. The maximum Gasteiger partial charge on any atom is 0.250 e. The first-order chi connectivity index (χ1) is 10.0. The first-order valence-corrected chi connectivity index (χ1v) is 9.81. The Balaban J connectivity index is 1.95. The van der Waals surface area contributed by atoms with Crippen molar-refractivity contribution in [2.45, 2.75) is 43.0 Å². The van der Waals surface area contributed by atoms with Crippen molar-refractivity contribution in [3.8, 4) is 0 Å². The zero-order valence-corrected chi connectivity index (χ0v) is 14.4. The van der Waals surface area contributed by atoms with Crippen molar-refractivity contribution < 1.29 is 8.42 Å². The highest BCUT2D eigenvalue weighted by atomic mass is 32.2. The van der Waals surface area contributed by atoms with E-state index in [1.54, 1.807) is 6.07 Å². The van der Waals surface area contributed by atoms with E-state index in [1.807, 2.05) is 13.1 Å². The first kappa shape index (κ1) is 16.9. The molecule has 0 spiro atoms. The lowest BCUT2D eigenvalue weighted by atomic mass is 10.1. The SMILES string of the molecule is CCCNCc1ccc(S(=O)(=O)NC2CCCN(C)C2)s1. The fraction of sp³-hybridized carbons (Fsp3) is 0.714. The Labute approximate surface area is 131 Å². The molecule has 0 aliphatic carbocycles. The Hall–Kier alpha value is -0.470. The molecule has 1 aliphatic heterocycles. The molecule has 2 heterocycles. The summed E-state index contributed by atoms with van der Waals surface area (Å²) in [5.41, 5.74) is 0. The van der Waals surface area contributed by atoms with Crippen molar-refractivity contribution in [3.05, 3.63) is 17.0 Å². The van der Waals surface area contributed by atoms with E-state index in [1.165, 1.54) is 11.3 Å². The van der Waals surface area contributed by atoms with E-state index >= 15 is 0 Å². The van der Waals surface area contributed by atoms with Gasteiger partial charge in [0.25, 0.3) is 0 Å². The third-order valence-corrected chi connectivity index (χ3v) is 6.67. The van der Waals surface area contributed by atoms with Gasteiger partial charge in [0, 0.05) is 24.0 Å². The van der Waals surface area contributed by atoms with Gasteiger partial charge in [0.1, 0.15) is 4.21 Å². The molecule has 1 unspecified atom stereocenters. The molecule has 21 heavy (non-hydrogen) atoms. The van der Waals surface area contributed by atoms with E-state index in [4.69, 9.17) is 0 Å². The van der Waals surface area contributed by atoms with Crippen molar-refractivity contribution in [1.82, 2.24) is 14.9 Å². The average molecular weight is 332 g/mol. The fourth-order valence-electron chi connectivity index (χ4n) is 2.53. The fourth-order valence-corrected chi connectivity index (χ4v) is 5.13.